The number of rotatable bonds is 3. The summed E-state index contributed by atoms with van der Waals surface area (Å²) >= 11 is 0. The highest BCUT2D eigenvalue weighted by Crippen LogP contribution is 2.28. The van der Waals surface area contributed by atoms with E-state index in [2.05, 4.69) is 9.80 Å². The monoisotopic (exact) mass is 351 g/mol. The molecule has 130 valence electrons. The molecule has 22 heavy (non-hydrogen) atoms. The van der Waals surface area contributed by atoms with Crippen molar-refractivity contribution < 1.29 is 4.79 Å². The van der Waals surface area contributed by atoms with E-state index in [9.17, 15) is 4.79 Å². The number of piperidine rings is 1. The minimum atomic E-state index is 0. The summed E-state index contributed by atoms with van der Waals surface area (Å²) in [4.78, 5) is 17.2. The molecule has 0 bridgehead atoms. The molecule has 0 radical (unpaired) electrons. The zero-order valence-electron chi connectivity index (χ0n) is 13.4. The van der Waals surface area contributed by atoms with Gasteiger partial charge in [-0.05, 0) is 57.5 Å². The van der Waals surface area contributed by atoms with Gasteiger partial charge in [0.15, 0.2) is 0 Å². The average Bonchev–Trinajstić information content (AvgIpc) is 3.10. The quantitative estimate of drug-likeness (QED) is 0.848. The fraction of sp³-hybridized carbons (Fsp3) is 0.938. The summed E-state index contributed by atoms with van der Waals surface area (Å²) in [7, 11) is 0. The summed E-state index contributed by atoms with van der Waals surface area (Å²) in [6, 6.07) is 0.116. The van der Waals surface area contributed by atoms with E-state index >= 15 is 0 Å². The molecular weight excluding hydrogens is 321 g/mol. The van der Waals surface area contributed by atoms with E-state index in [0.29, 0.717) is 5.91 Å². The zero-order chi connectivity index (χ0) is 13.9. The molecule has 2 aliphatic heterocycles. The van der Waals surface area contributed by atoms with Crippen molar-refractivity contribution in [1.29, 1.82) is 0 Å². The Hall–Kier alpha value is -0.0300. The Morgan fingerprint density at radius 2 is 1.55 bits per heavy atom. The van der Waals surface area contributed by atoms with Crippen LogP contribution in [0.25, 0.3) is 0 Å². The number of hydrogen-bond acceptors (Lipinski definition) is 3. The summed E-state index contributed by atoms with van der Waals surface area (Å²) < 4.78 is 0. The fourth-order valence-corrected chi connectivity index (χ4v) is 4.20. The number of likely N-dealkylation sites (tertiary alicyclic amines) is 2. The maximum absolute atomic E-state index is 12.5. The lowest BCUT2D eigenvalue weighted by Gasteiger charge is -2.35. The van der Waals surface area contributed by atoms with Gasteiger partial charge in [-0.15, -0.1) is 24.8 Å². The van der Waals surface area contributed by atoms with Crippen molar-refractivity contribution in [2.45, 2.75) is 51.0 Å². The molecule has 2 unspecified atom stereocenters. The van der Waals surface area contributed by atoms with Crippen LogP contribution in [0.2, 0.25) is 0 Å². The lowest BCUT2D eigenvalue weighted by Crippen LogP contribution is -2.46. The van der Waals surface area contributed by atoms with Crippen molar-refractivity contribution in [1.82, 2.24) is 9.80 Å². The Morgan fingerprint density at radius 3 is 2.09 bits per heavy atom. The van der Waals surface area contributed by atoms with E-state index in [-0.39, 0.29) is 36.8 Å². The van der Waals surface area contributed by atoms with Gasteiger partial charge in [-0.1, -0.05) is 6.42 Å². The molecule has 0 spiro atoms. The van der Waals surface area contributed by atoms with E-state index in [1.54, 1.807) is 0 Å². The predicted octanol–water partition coefficient (Wildman–Crippen LogP) is 2.29. The van der Waals surface area contributed by atoms with Gasteiger partial charge in [0.1, 0.15) is 0 Å². The van der Waals surface area contributed by atoms with Crippen LogP contribution in [0, 0.1) is 11.8 Å². The van der Waals surface area contributed by atoms with Gasteiger partial charge in [-0.25, -0.2) is 0 Å². The van der Waals surface area contributed by atoms with Gasteiger partial charge in [0, 0.05) is 25.7 Å². The van der Waals surface area contributed by atoms with Gasteiger partial charge in [-0.3, -0.25) is 4.79 Å². The molecule has 2 atom stereocenters. The Balaban J connectivity index is 0.00000121. The predicted molar refractivity (Wildman–Crippen MR) is 94.8 cm³/mol. The molecule has 6 heteroatoms. The molecule has 1 amide bonds. The lowest BCUT2D eigenvalue weighted by molar-refractivity contribution is -0.137. The van der Waals surface area contributed by atoms with Gasteiger partial charge in [0.2, 0.25) is 5.91 Å². The molecule has 3 aliphatic rings. The van der Waals surface area contributed by atoms with E-state index in [4.69, 9.17) is 5.73 Å². The first kappa shape index (κ1) is 20.0. The van der Waals surface area contributed by atoms with Crippen LogP contribution in [0.5, 0.6) is 0 Å². The molecule has 2 heterocycles. The number of carbonyl (C=O) groups excluding carboxylic acids is 1. The molecule has 3 rings (SSSR count). The number of halogens is 2. The van der Waals surface area contributed by atoms with Crippen molar-refractivity contribution >= 4 is 30.7 Å². The van der Waals surface area contributed by atoms with Crippen LogP contribution in [0.3, 0.4) is 0 Å². The van der Waals surface area contributed by atoms with Crippen LogP contribution in [0.1, 0.15) is 44.9 Å². The van der Waals surface area contributed by atoms with Gasteiger partial charge < -0.3 is 15.5 Å². The maximum atomic E-state index is 12.5. The summed E-state index contributed by atoms with van der Waals surface area (Å²) in [5.41, 5.74) is 6.07. The third kappa shape index (κ3) is 4.73. The number of amides is 1. The van der Waals surface area contributed by atoms with Crippen molar-refractivity contribution in [3.8, 4) is 0 Å². The Bertz CT molecular complexity index is 342. The molecule has 1 aliphatic carbocycles. The standard InChI is InChI=1S/C16H29N3O.2ClH/c17-15-5-3-4-14(15)16(20)19-10-6-13(7-11-19)12-18-8-1-2-9-18;;/h13-15H,1-12,17H2;2*1H. The van der Waals surface area contributed by atoms with Crippen molar-refractivity contribution in [2.24, 2.45) is 17.6 Å². The molecule has 2 N–H and O–H groups in total. The number of nitrogens with zero attached hydrogens (tertiary/aromatic N) is 2. The Morgan fingerprint density at radius 1 is 0.909 bits per heavy atom. The molecular formula is C16H31Cl2N3O. The summed E-state index contributed by atoms with van der Waals surface area (Å²) in [6.07, 6.45) is 8.28. The minimum Gasteiger partial charge on any atom is -0.342 e. The van der Waals surface area contributed by atoms with Crippen LogP contribution in [-0.2, 0) is 4.79 Å². The van der Waals surface area contributed by atoms with Gasteiger partial charge in [0.05, 0.1) is 5.92 Å². The van der Waals surface area contributed by atoms with Gasteiger partial charge in [-0.2, -0.15) is 0 Å². The van der Waals surface area contributed by atoms with E-state index in [1.807, 2.05) is 0 Å². The smallest absolute Gasteiger partial charge is 0.227 e. The summed E-state index contributed by atoms with van der Waals surface area (Å²) in [6.45, 7) is 5.75. The molecule has 0 aromatic heterocycles. The first-order valence-electron chi connectivity index (χ1n) is 8.51. The number of carbonyl (C=O) groups is 1. The molecule has 1 saturated carbocycles. The Kier molecular flexibility index (Phi) is 8.47. The average molecular weight is 352 g/mol. The first-order chi connectivity index (χ1) is 9.74. The highest BCUT2D eigenvalue weighted by Gasteiger charge is 2.34. The first-order valence-corrected chi connectivity index (χ1v) is 8.51. The SMILES string of the molecule is Cl.Cl.NC1CCCC1C(=O)N1CCC(CN2CCCC2)CC1. The fourth-order valence-electron chi connectivity index (χ4n) is 4.20. The maximum Gasteiger partial charge on any atom is 0.227 e. The second-order valence-electron chi connectivity index (χ2n) is 6.98. The highest BCUT2D eigenvalue weighted by atomic mass is 35.5. The van der Waals surface area contributed by atoms with E-state index in [1.165, 1.54) is 45.3 Å². The summed E-state index contributed by atoms with van der Waals surface area (Å²) in [5, 5.41) is 0. The van der Waals surface area contributed by atoms with Crippen molar-refractivity contribution in [3.63, 3.8) is 0 Å². The molecule has 4 nitrogen and oxygen atoms in total. The minimum absolute atomic E-state index is 0. The second kappa shape index (κ2) is 9.31. The van der Waals surface area contributed by atoms with Crippen LogP contribution in [0.15, 0.2) is 0 Å². The van der Waals surface area contributed by atoms with Crippen LogP contribution < -0.4 is 5.73 Å². The van der Waals surface area contributed by atoms with Gasteiger partial charge >= 0.3 is 0 Å². The second-order valence-corrected chi connectivity index (χ2v) is 6.98. The number of nitrogens with two attached hydrogens (primary N) is 1. The third-order valence-electron chi connectivity index (χ3n) is 5.53. The molecule has 0 aromatic rings. The van der Waals surface area contributed by atoms with E-state index < -0.39 is 0 Å². The van der Waals surface area contributed by atoms with Crippen LogP contribution >= 0.6 is 24.8 Å². The molecule has 0 aromatic carbocycles. The van der Waals surface area contributed by atoms with E-state index in [0.717, 1.165) is 38.3 Å². The topological polar surface area (TPSA) is 49.6 Å². The van der Waals surface area contributed by atoms with Crippen molar-refractivity contribution in [3.05, 3.63) is 0 Å². The number of hydrogen-bond donors (Lipinski definition) is 1. The molecule has 3 fully saturated rings. The lowest BCUT2D eigenvalue weighted by atomic mass is 9.94. The zero-order valence-corrected chi connectivity index (χ0v) is 15.0. The van der Waals surface area contributed by atoms with Crippen LogP contribution in [0.4, 0.5) is 0 Å². The van der Waals surface area contributed by atoms with Crippen molar-refractivity contribution in [2.75, 3.05) is 32.7 Å². The summed E-state index contributed by atoms with van der Waals surface area (Å²) in [5.74, 6) is 1.26. The molecule has 2 saturated heterocycles. The van der Waals surface area contributed by atoms with Crippen LogP contribution in [-0.4, -0.2) is 54.5 Å². The third-order valence-corrected chi connectivity index (χ3v) is 5.53. The normalized spacial score (nSPS) is 30.0. The van der Waals surface area contributed by atoms with Gasteiger partial charge in [0.25, 0.3) is 0 Å². The Labute approximate surface area is 147 Å². The largest absolute Gasteiger partial charge is 0.342 e. The highest BCUT2D eigenvalue weighted by molar-refractivity contribution is 5.85.